The van der Waals surface area contributed by atoms with Crippen LogP contribution in [0.5, 0.6) is 0 Å². The number of carboxylic acid groups (broad SMARTS) is 2. The van der Waals surface area contributed by atoms with Gasteiger partial charge in [0, 0.05) is 0 Å². The van der Waals surface area contributed by atoms with Gasteiger partial charge in [0.1, 0.15) is 0 Å². The first kappa shape index (κ1) is 16.7. The maximum atomic E-state index is 8.70. The first-order chi connectivity index (χ1) is 3.73. The summed E-state index contributed by atoms with van der Waals surface area (Å²) in [4.78, 5) is 8.56. The van der Waals surface area contributed by atoms with Crippen molar-refractivity contribution >= 4 is 6.16 Å². The van der Waals surface area contributed by atoms with E-state index < -0.39 is 19.8 Å². The Hall–Kier alpha value is 0.322. The molecule has 0 aromatic carbocycles. The Morgan fingerprint density at radius 1 is 1.30 bits per heavy atom. The van der Waals surface area contributed by atoms with E-state index in [2.05, 4.69) is 0 Å². The Bertz CT molecular complexity index is 156. The molecule has 0 fully saturated rings. The van der Waals surface area contributed by atoms with Crippen LogP contribution in [0.15, 0.2) is 0 Å². The predicted molar refractivity (Wildman–Crippen MR) is 14.2 cm³/mol. The molecule has 0 unspecified atom stereocenters. The topological polar surface area (TPSA) is 135 Å². The van der Waals surface area contributed by atoms with Crippen LogP contribution in [0.4, 0.5) is 4.79 Å². The quantitative estimate of drug-likeness (QED) is 0.335. The molecule has 0 atom stereocenters. The molecular weight excluding hydrogens is 199 g/mol. The zero-order valence-electron chi connectivity index (χ0n) is 4.88. The van der Waals surface area contributed by atoms with Crippen molar-refractivity contribution in [3.05, 3.63) is 0 Å². The van der Waals surface area contributed by atoms with E-state index in [-0.39, 0.29) is 29.6 Å². The van der Waals surface area contributed by atoms with Crippen LogP contribution in [0.25, 0.3) is 0 Å². The first-order valence-electron chi connectivity index (χ1n) is 1.33. The summed E-state index contributed by atoms with van der Waals surface area (Å²) in [6, 6.07) is 0. The third-order valence-electron chi connectivity index (χ3n) is 0. The first-order valence-corrected chi connectivity index (χ1v) is 3.47. The van der Waals surface area contributed by atoms with Crippen molar-refractivity contribution in [3.63, 3.8) is 0 Å². The molecule has 0 saturated carbocycles. The summed E-state index contributed by atoms with van der Waals surface area (Å²) >= 11 is -5.50. The van der Waals surface area contributed by atoms with Crippen molar-refractivity contribution < 1.29 is 74.1 Å². The molecule has 0 bridgehead atoms. The summed E-state index contributed by atoms with van der Waals surface area (Å²) in [5.41, 5.74) is 0. The van der Waals surface area contributed by atoms with Gasteiger partial charge in [0.25, 0.3) is 0 Å². The van der Waals surface area contributed by atoms with Crippen LogP contribution in [-0.4, -0.2) is 20.5 Å². The molecule has 0 aliphatic rings. The fourth-order valence-electron chi connectivity index (χ4n) is 0. The van der Waals surface area contributed by atoms with Crippen LogP contribution >= 0.6 is 0 Å². The maximum absolute atomic E-state index is 8.70. The van der Waals surface area contributed by atoms with Crippen molar-refractivity contribution in [2.24, 2.45) is 0 Å². The van der Waals surface area contributed by atoms with Gasteiger partial charge in [0.2, 0.25) is 0 Å². The summed E-state index contributed by atoms with van der Waals surface area (Å²) in [6.45, 7) is 0. The monoisotopic (exact) mass is 202 g/mol. The van der Waals surface area contributed by atoms with Crippen LogP contribution in [-0.2, 0) is 21.2 Å². The molecule has 0 aliphatic heterocycles. The van der Waals surface area contributed by atoms with Crippen LogP contribution in [0.2, 0.25) is 0 Å². The summed E-state index contributed by atoms with van der Waals surface area (Å²) in [5, 5.41) is 13.9. The SMILES string of the molecule is O=C(O)O.[Na+].[O]=[Cr](=[O])([O-])[OH]. The van der Waals surface area contributed by atoms with Gasteiger partial charge in [-0.2, -0.15) is 0 Å². The van der Waals surface area contributed by atoms with E-state index in [0.717, 1.165) is 0 Å². The van der Waals surface area contributed by atoms with E-state index in [1.807, 2.05) is 0 Å². The third-order valence-corrected chi connectivity index (χ3v) is 0. The second-order valence-corrected chi connectivity index (χ2v) is 2.05. The van der Waals surface area contributed by atoms with Crippen LogP contribution in [0.1, 0.15) is 0 Å². The summed E-state index contributed by atoms with van der Waals surface area (Å²) in [6.07, 6.45) is -1.83. The van der Waals surface area contributed by atoms with Gasteiger partial charge in [-0.15, -0.1) is 0 Å². The molecule has 9 heteroatoms. The Morgan fingerprint density at radius 3 is 1.30 bits per heavy atom. The fourth-order valence-corrected chi connectivity index (χ4v) is 0. The Kier molecular flexibility index (Phi) is 12.4. The summed E-state index contributed by atoms with van der Waals surface area (Å²) < 4.78 is 33.1. The van der Waals surface area contributed by atoms with Crippen molar-refractivity contribution in [2.45, 2.75) is 0 Å². The van der Waals surface area contributed by atoms with Gasteiger partial charge in [-0.3, -0.25) is 0 Å². The van der Waals surface area contributed by atoms with Crippen molar-refractivity contribution in [3.8, 4) is 0 Å². The standard InChI is InChI=1S/CH2O3.Cr.Na.H2O.3O/c2-1(3)4;;;;;;/h(H2,2,3,4);;;1H2;;;/q;2*+1;;;;-1/p-1. The molecule has 0 spiro atoms. The zero-order chi connectivity index (χ0) is 8.08. The summed E-state index contributed by atoms with van der Waals surface area (Å²) in [5.74, 6) is 0. The molecule has 0 heterocycles. The zero-order valence-corrected chi connectivity index (χ0v) is 8.16. The van der Waals surface area contributed by atoms with E-state index in [1.54, 1.807) is 0 Å². The molecule has 7 nitrogen and oxygen atoms in total. The molecule has 0 aromatic rings. The molecule has 3 N–H and O–H groups in total. The van der Waals surface area contributed by atoms with Gasteiger partial charge in [-0.25, -0.2) is 4.79 Å². The fraction of sp³-hybridized carbons (Fsp3) is 0. The van der Waals surface area contributed by atoms with E-state index in [4.69, 9.17) is 30.9 Å². The second kappa shape index (κ2) is 7.43. The number of hydrogen-bond acceptors (Lipinski definition) is 4. The van der Waals surface area contributed by atoms with E-state index in [0.29, 0.717) is 0 Å². The Balaban J connectivity index is -0.0000000910. The molecule has 0 rings (SSSR count). The molecule has 0 aromatic heterocycles. The molecule has 10 heavy (non-hydrogen) atoms. The van der Waals surface area contributed by atoms with Crippen LogP contribution < -0.4 is 33.7 Å². The van der Waals surface area contributed by atoms with Crippen molar-refractivity contribution in [1.82, 2.24) is 0 Å². The van der Waals surface area contributed by atoms with Crippen LogP contribution in [0, 0.1) is 0 Å². The molecule has 0 radical (unpaired) electrons. The Morgan fingerprint density at radius 2 is 1.30 bits per heavy atom. The van der Waals surface area contributed by atoms with Gasteiger partial charge < -0.3 is 10.2 Å². The van der Waals surface area contributed by atoms with E-state index in [1.165, 1.54) is 0 Å². The van der Waals surface area contributed by atoms with Gasteiger partial charge in [0.15, 0.2) is 0 Å². The van der Waals surface area contributed by atoms with E-state index >= 15 is 0 Å². The minimum atomic E-state index is -5.50. The van der Waals surface area contributed by atoms with Gasteiger partial charge in [-0.1, -0.05) is 0 Å². The predicted octanol–water partition coefficient (Wildman–Crippen LogP) is -4.76. The van der Waals surface area contributed by atoms with Crippen LogP contribution in [0.3, 0.4) is 0 Å². The minimum absolute atomic E-state index is 0. The second-order valence-electron chi connectivity index (χ2n) is 0.710. The van der Waals surface area contributed by atoms with Gasteiger partial charge in [-0.05, 0) is 0 Å². The Labute approximate surface area is 80.0 Å². The summed E-state index contributed by atoms with van der Waals surface area (Å²) in [7, 11) is 0. The van der Waals surface area contributed by atoms with Crippen molar-refractivity contribution in [1.29, 1.82) is 0 Å². The third kappa shape index (κ3) is 4290. The molecule has 0 amide bonds. The molecule has 56 valence electrons. The number of carbonyl (C=O) groups is 1. The van der Waals surface area contributed by atoms with Crippen molar-refractivity contribution in [2.75, 3.05) is 0 Å². The molecular formula is CH3CrNaO7. The molecule has 0 aliphatic carbocycles. The molecule has 0 saturated heterocycles. The average molecular weight is 202 g/mol. The average Bonchev–Trinajstić information content (AvgIpc) is 1.19. The number of hydrogen-bond donors (Lipinski definition) is 3. The number of rotatable bonds is 0. The van der Waals surface area contributed by atoms with Gasteiger partial charge in [0.05, 0.1) is 0 Å². The van der Waals surface area contributed by atoms with Gasteiger partial charge >= 0.3 is 65.2 Å². The van der Waals surface area contributed by atoms with E-state index in [9.17, 15) is 0 Å². The normalized spacial score (nSPS) is 8.20.